The first-order valence-corrected chi connectivity index (χ1v) is 3.85. The van der Waals surface area contributed by atoms with Gasteiger partial charge in [-0.05, 0) is 0 Å². The van der Waals surface area contributed by atoms with Crippen molar-refractivity contribution < 1.29 is 9.53 Å². The standard InChI is InChI=1S/C7H8ClN3O2/c1-4(12)10-5-3-9-7(13-2)11-6(5)8/h3H,1-2H3,(H,10,12). The predicted octanol–water partition coefficient (Wildman–Crippen LogP) is 1.10. The normalized spacial score (nSPS) is 9.46. The van der Waals surface area contributed by atoms with Crippen molar-refractivity contribution in [3.05, 3.63) is 11.3 Å². The molecule has 0 radical (unpaired) electrons. The highest BCUT2D eigenvalue weighted by atomic mass is 35.5. The van der Waals surface area contributed by atoms with Crippen molar-refractivity contribution in [2.24, 2.45) is 0 Å². The zero-order chi connectivity index (χ0) is 9.84. The van der Waals surface area contributed by atoms with Crippen LogP contribution < -0.4 is 10.1 Å². The third kappa shape index (κ3) is 2.55. The molecule has 1 amide bonds. The largest absolute Gasteiger partial charge is 0.467 e. The number of hydrogen-bond donors (Lipinski definition) is 1. The molecule has 0 aliphatic carbocycles. The van der Waals surface area contributed by atoms with E-state index in [1.807, 2.05) is 0 Å². The van der Waals surface area contributed by atoms with Crippen molar-refractivity contribution in [1.82, 2.24) is 9.97 Å². The van der Waals surface area contributed by atoms with Gasteiger partial charge in [0.15, 0.2) is 5.15 Å². The maximum Gasteiger partial charge on any atom is 0.317 e. The predicted molar refractivity (Wildman–Crippen MR) is 47.9 cm³/mol. The molecule has 0 fully saturated rings. The fourth-order valence-corrected chi connectivity index (χ4v) is 0.886. The first-order chi connectivity index (χ1) is 6.13. The summed E-state index contributed by atoms with van der Waals surface area (Å²) in [5, 5.41) is 2.63. The summed E-state index contributed by atoms with van der Waals surface area (Å²) in [6, 6.07) is 0.166. The van der Waals surface area contributed by atoms with E-state index in [1.165, 1.54) is 20.2 Å². The molecule has 0 bridgehead atoms. The van der Waals surface area contributed by atoms with Gasteiger partial charge in [-0.1, -0.05) is 11.6 Å². The van der Waals surface area contributed by atoms with Crippen LogP contribution in [-0.4, -0.2) is 23.0 Å². The average Bonchev–Trinajstić information content (AvgIpc) is 2.08. The van der Waals surface area contributed by atoms with Gasteiger partial charge in [0.25, 0.3) is 0 Å². The Hall–Kier alpha value is -1.36. The molecule has 0 aliphatic heterocycles. The van der Waals surface area contributed by atoms with E-state index in [1.54, 1.807) is 0 Å². The third-order valence-corrected chi connectivity index (χ3v) is 1.50. The molecule has 0 spiro atoms. The summed E-state index contributed by atoms with van der Waals surface area (Å²) in [4.78, 5) is 18.2. The molecule has 1 N–H and O–H groups in total. The molecule has 0 saturated carbocycles. The van der Waals surface area contributed by atoms with E-state index < -0.39 is 0 Å². The molecule has 0 aromatic carbocycles. The molecule has 0 unspecified atom stereocenters. The third-order valence-electron chi connectivity index (χ3n) is 1.21. The van der Waals surface area contributed by atoms with Gasteiger partial charge >= 0.3 is 6.01 Å². The smallest absolute Gasteiger partial charge is 0.317 e. The molecule has 1 aromatic heterocycles. The Morgan fingerprint density at radius 1 is 1.69 bits per heavy atom. The molecular formula is C7H8ClN3O2. The Bertz CT molecular complexity index is 330. The van der Waals surface area contributed by atoms with Gasteiger partial charge in [0, 0.05) is 6.92 Å². The number of nitrogens with zero attached hydrogens (tertiary/aromatic N) is 2. The topological polar surface area (TPSA) is 64.1 Å². The number of rotatable bonds is 2. The molecule has 5 nitrogen and oxygen atoms in total. The van der Waals surface area contributed by atoms with E-state index in [0.717, 1.165) is 0 Å². The highest BCUT2D eigenvalue weighted by Crippen LogP contribution is 2.19. The average molecular weight is 202 g/mol. The van der Waals surface area contributed by atoms with Crippen molar-refractivity contribution in [2.75, 3.05) is 12.4 Å². The van der Waals surface area contributed by atoms with Gasteiger partial charge in [-0.25, -0.2) is 4.98 Å². The summed E-state index contributed by atoms with van der Waals surface area (Å²) in [7, 11) is 1.43. The lowest BCUT2D eigenvalue weighted by molar-refractivity contribution is -0.114. The second-order valence-corrected chi connectivity index (χ2v) is 2.60. The quantitative estimate of drug-likeness (QED) is 0.728. The van der Waals surface area contributed by atoms with Gasteiger partial charge < -0.3 is 10.1 Å². The second kappa shape index (κ2) is 4.04. The zero-order valence-electron chi connectivity index (χ0n) is 7.17. The van der Waals surface area contributed by atoms with Gasteiger partial charge in [-0.2, -0.15) is 4.98 Å². The van der Waals surface area contributed by atoms with Crippen LogP contribution in [0.2, 0.25) is 5.15 Å². The number of carbonyl (C=O) groups is 1. The number of anilines is 1. The van der Waals surface area contributed by atoms with Crippen LogP contribution >= 0.6 is 11.6 Å². The fourth-order valence-electron chi connectivity index (χ4n) is 0.718. The fraction of sp³-hybridized carbons (Fsp3) is 0.286. The molecule has 0 atom stereocenters. The summed E-state index contributed by atoms with van der Waals surface area (Å²) in [5.74, 6) is -0.226. The van der Waals surface area contributed by atoms with E-state index in [9.17, 15) is 4.79 Å². The van der Waals surface area contributed by atoms with Crippen molar-refractivity contribution in [3.63, 3.8) is 0 Å². The van der Waals surface area contributed by atoms with Gasteiger partial charge in [0.05, 0.1) is 19.0 Å². The molecule has 13 heavy (non-hydrogen) atoms. The summed E-state index contributed by atoms with van der Waals surface area (Å²) >= 11 is 5.71. The van der Waals surface area contributed by atoms with E-state index >= 15 is 0 Å². The SMILES string of the molecule is COc1ncc(NC(C)=O)c(Cl)n1. The minimum atomic E-state index is -0.226. The Labute approximate surface area is 80.1 Å². The van der Waals surface area contributed by atoms with Crippen LogP contribution in [0.4, 0.5) is 5.69 Å². The molecule has 70 valence electrons. The van der Waals surface area contributed by atoms with Crippen molar-refractivity contribution in [1.29, 1.82) is 0 Å². The number of nitrogens with one attached hydrogen (secondary N) is 1. The number of aromatic nitrogens is 2. The Kier molecular flexibility index (Phi) is 3.02. The van der Waals surface area contributed by atoms with Gasteiger partial charge in [0.2, 0.25) is 5.91 Å². The lowest BCUT2D eigenvalue weighted by Gasteiger charge is -2.03. The summed E-state index contributed by atoms with van der Waals surface area (Å²) in [6.45, 7) is 1.38. The number of methoxy groups -OCH3 is 1. The van der Waals surface area contributed by atoms with Crippen LogP contribution in [0.5, 0.6) is 6.01 Å². The number of halogens is 1. The molecule has 1 heterocycles. The second-order valence-electron chi connectivity index (χ2n) is 2.24. The lowest BCUT2D eigenvalue weighted by atomic mass is 10.5. The van der Waals surface area contributed by atoms with Crippen LogP contribution in [0.25, 0.3) is 0 Å². The maximum absolute atomic E-state index is 10.7. The van der Waals surface area contributed by atoms with E-state index in [4.69, 9.17) is 16.3 Å². The molecule has 6 heteroatoms. The molecular weight excluding hydrogens is 194 g/mol. The van der Waals surface area contributed by atoms with E-state index in [-0.39, 0.29) is 17.1 Å². The first-order valence-electron chi connectivity index (χ1n) is 3.47. The van der Waals surface area contributed by atoms with Crippen molar-refractivity contribution in [3.8, 4) is 6.01 Å². The summed E-state index contributed by atoms with van der Waals surface area (Å²) in [6.07, 6.45) is 1.38. The van der Waals surface area contributed by atoms with Crippen LogP contribution in [0, 0.1) is 0 Å². The zero-order valence-corrected chi connectivity index (χ0v) is 7.92. The number of hydrogen-bond acceptors (Lipinski definition) is 4. The summed E-state index contributed by atoms with van der Waals surface area (Å²) in [5.41, 5.74) is 0.370. The molecule has 1 aromatic rings. The summed E-state index contributed by atoms with van der Waals surface area (Å²) < 4.78 is 4.74. The minimum Gasteiger partial charge on any atom is -0.467 e. The first kappa shape index (κ1) is 9.73. The minimum absolute atomic E-state index is 0.155. The van der Waals surface area contributed by atoms with Crippen LogP contribution in [0.3, 0.4) is 0 Å². The molecule has 1 rings (SSSR count). The van der Waals surface area contributed by atoms with Crippen LogP contribution in [0.15, 0.2) is 6.20 Å². The lowest BCUT2D eigenvalue weighted by Crippen LogP contribution is -2.07. The molecule has 0 aliphatic rings. The highest BCUT2D eigenvalue weighted by Gasteiger charge is 2.05. The van der Waals surface area contributed by atoms with E-state index in [2.05, 4.69) is 15.3 Å². The van der Waals surface area contributed by atoms with Gasteiger partial charge in [0.1, 0.15) is 0 Å². The van der Waals surface area contributed by atoms with Gasteiger partial charge in [-0.3, -0.25) is 4.79 Å². The van der Waals surface area contributed by atoms with E-state index in [0.29, 0.717) is 5.69 Å². The monoisotopic (exact) mass is 201 g/mol. The van der Waals surface area contributed by atoms with Crippen LogP contribution in [-0.2, 0) is 4.79 Å². The number of amides is 1. The maximum atomic E-state index is 10.7. The Morgan fingerprint density at radius 3 is 2.85 bits per heavy atom. The van der Waals surface area contributed by atoms with Crippen molar-refractivity contribution in [2.45, 2.75) is 6.92 Å². The number of carbonyl (C=O) groups excluding carboxylic acids is 1. The highest BCUT2D eigenvalue weighted by molar-refractivity contribution is 6.32. The number of ether oxygens (including phenoxy) is 1. The van der Waals surface area contributed by atoms with Crippen LogP contribution in [0.1, 0.15) is 6.92 Å². The Balaban J connectivity index is 2.91. The Morgan fingerprint density at radius 2 is 2.38 bits per heavy atom. The van der Waals surface area contributed by atoms with Crippen molar-refractivity contribution >= 4 is 23.2 Å². The van der Waals surface area contributed by atoms with Gasteiger partial charge in [-0.15, -0.1) is 0 Å². The molecule has 0 saturated heterocycles.